The van der Waals surface area contributed by atoms with Crippen LogP contribution in [0.5, 0.6) is 17.2 Å². The molecule has 1 amide bonds. The van der Waals surface area contributed by atoms with Crippen molar-refractivity contribution in [3.05, 3.63) is 143 Å². The Morgan fingerprint density at radius 3 is 2.11 bits per heavy atom. The molecule has 0 radical (unpaired) electrons. The molecule has 3 N–H and O–H groups in total. The number of phenols is 1. The van der Waals surface area contributed by atoms with Gasteiger partial charge in [0.1, 0.15) is 22.9 Å². The second kappa shape index (κ2) is 16.4. The number of phenolic OH excluding ortho intramolecular Hbond substituents is 1. The van der Waals surface area contributed by atoms with Gasteiger partial charge in [-0.2, -0.15) is 0 Å². The van der Waals surface area contributed by atoms with Crippen LogP contribution in [0.3, 0.4) is 0 Å². The topological polar surface area (TPSA) is 194 Å². The average molecular weight is 773 g/mol. The number of hydrogen-bond acceptors (Lipinski definition) is 11. The number of carbonyl (C=O) groups excluding carboxylic acids is 1. The number of ether oxygens (including phenoxy) is 2. The van der Waals surface area contributed by atoms with Crippen LogP contribution in [0.2, 0.25) is 0 Å². The molecule has 1 fully saturated rings. The summed E-state index contributed by atoms with van der Waals surface area (Å²) in [6, 6.07) is 30.1. The van der Waals surface area contributed by atoms with Gasteiger partial charge in [0.15, 0.2) is 0 Å². The Morgan fingerprint density at radius 1 is 0.833 bits per heavy atom. The molecule has 1 heterocycles. The molecule has 54 heavy (non-hydrogen) atoms. The molecule has 5 aromatic carbocycles. The first kappa shape index (κ1) is 37.8. The first-order chi connectivity index (χ1) is 25.9. The minimum absolute atomic E-state index is 0.0140. The smallest absolute Gasteiger partial charge is 0.293 e. The van der Waals surface area contributed by atoms with E-state index < -0.39 is 52.8 Å². The molecule has 0 bridgehead atoms. The predicted octanol–water partition coefficient (Wildman–Crippen LogP) is 6.45. The monoisotopic (exact) mass is 772 g/mol. The molecule has 5 aromatic rings. The van der Waals surface area contributed by atoms with E-state index in [1.165, 1.54) is 36.4 Å². The molecular weight excluding hydrogens is 737 g/mol. The molecule has 0 unspecified atom stereocenters. The first-order valence-electron chi connectivity index (χ1n) is 16.8. The van der Waals surface area contributed by atoms with Gasteiger partial charge in [0.05, 0.1) is 32.5 Å². The van der Waals surface area contributed by atoms with Gasteiger partial charge in [-0.25, -0.2) is 21.6 Å². The lowest BCUT2D eigenvalue weighted by Crippen LogP contribution is -2.32. The molecular formula is C38H36N4O10S2. The van der Waals surface area contributed by atoms with Gasteiger partial charge >= 0.3 is 0 Å². The predicted molar refractivity (Wildman–Crippen MR) is 201 cm³/mol. The summed E-state index contributed by atoms with van der Waals surface area (Å²) in [4.78, 5) is 23.7. The largest absolute Gasteiger partial charge is 0.507 e. The molecule has 0 aliphatic carbocycles. The van der Waals surface area contributed by atoms with Crippen molar-refractivity contribution >= 4 is 43.0 Å². The van der Waals surface area contributed by atoms with E-state index in [0.717, 1.165) is 41.4 Å². The average Bonchev–Trinajstić information content (AvgIpc) is 3.17. The van der Waals surface area contributed by atoms with E-state index in [1.807, 2.05) is 10.8 Å². The van der Waals surface area contributed by atoms with Gasteiger partial charge in [-0.05, 0) is 85.0 Å². The van der Waals surface area contributed by atoms with E-state index in [-0.39, 0.29) is 28.7 Å². The summed E-state index contributed by atoms with van der Waals surface area (Å²) in [6.07, 6.45) is 1.57. The lowest BCUT2D eigenvalue weighted by molar-refractivity contribution is -0.384. The Labute approximate surface area is 312 Å². The zero-order chi connectivity index (χ0) is 38.3. The van der Waals surface area contributed by atoms with Crippen molar-refractivity contribution < 1.29 is 41.1 Å². The van der Waals surface area contributed by atoms with Crippen LogP contribution in [0, 0.1) is 16.0 Å². The number of para-hydroxylation sites is 1. The van der Waals surface area contributed by atoms with E-state index in [9.17, 15) is 36.9 Å². The van der Waals surface area contributed by atoms with Crippen molar-refractivity contribution in [3.63, 3.8) is 0 Å². The fourth-order valence-electron chi connectivity index (χ4n) is 5.78. The third kappa shape index (κ3) is 8.97. The first-order valence-corrected chi connectivity index (χ1v) is 19.7. The van der Waals surface area contributed by atoms with Crippen LogP contribution in [0.15, 0.2) is 131 Å². The highest BCUT2D eigenvalue weighted by atomic mass is 32.2. The Balaban J connectivity index is 1.22. The second-order valence-electron chi connectivity index (χ2n) is 12.4. The van der Waals surface area contributed by atoms with Crippen molar-refractivity contribution in [3.8, 4) is 17.2 Å². The van der Waals surface area contributed by atoms with Gasteiger partial charge in [-0.1, -0.05) is 48.5 Å². The summed E-state index contributed by atoms with van der Waals surface area (Å²) in [5.74, 6) is -0.740. The minimum Gasteiger partial charge on any atom is -0.507 e. The summed E-state index contributed by atoms with van der Waals surface area (Å²) in [6.45, 7) is 1.47. The zero-order valence-corrected chi connectivity index (χ0v) is 30.3. The number of nitrogens with one attached hydrogen (secondary N) is 2. The van der Waals surface area contributed by atoms with Crippen molar-refractivity contribution in [1.82, 2.24) is 4.72 Å². The number of amides is 1. The van der Waals surface area contributed by atoms with Crippen LogP contribution in [0.25, 0.3) is 0 Å². The molecule has 0 aromatic heterocycles. The van der Waals surface area contributed by atoms with Gasteiger partial charge in [-0.15, -0.1) is 0 Å². The number of hydrogen-bond donors (Lipinski definition) is 3. The highest BCUT2D eigenvalue weighted by Crippen LogP contribution is 2.33. The van der Waals surface area contributed by atoms with Crippen molar-refractivity contribution in [2.24, 2.45) is 5.92 Å². The molecule has 1 aliphatic rings. The maximum atomic E-state index is 14.1. The summed E-state index contributed by atoms with van der Waals surface area (Å²) in [7, 11) is -8.94. The fraction of sp³-hybridized carbons (Fsp3) is 0.184. The zero-order valence-electron chi connectivity index (χ0n) is 28.7. The molecule has 0 atom stereocenters. The number of benzene rings is 5. The molecule has 1 saturated heterocycles. The third-order valence-corrected chi connectivity index (χ3v) is 11.8. The number of nitro benzene ring substituents is 1. The van der Waals surface area contributed by atoms with E-state index >= 15 is 0 Å². The Bertz CT molecular complexity index is 2340. The molecule has 0 spiro atoms. The standard InChI is InChI=1S/C38H36N4O10S2/c43-37-23-29(41(26-28-7-3-1-4-8-28)54(49,50)32-14-12-31(13-15-32)52-30-9-5-2-6-10-30)11-17-34(37)38(44)40-53(47,48)33-16-18-35(36(24-33)42(45)46)39-25-27-19-21-51-22-20-27/h1-18,23-24,27,39,43H,19-22,25-26H2,(H,40,44). The quantitative estimate of drug-likeness (QED) is 0.0830. The number of aromatic hydroxyl groups is 1. The highest BCUT2D eigenvalue weighted by Gasteiger charge is 2.29. The van der Waals surface area contributed by atoms with Gasteiger partial charge in [0.25, 0.3) is 31.6 Å². The number of carbonyl (C=O) groups is 1. The maximum Gasteiger partial charge on any atom is 0.293 e. The van der Waals surface area contributed by atoms with E-state index in [0.29, 0.717) is 36.8 Å². The molecule has 14 nitrogen and oxygen atoms in total. The van der Waals surface area contributed by atoms with Crippen LogP contribution < -0.4 is 19.1 Å². The van der Waals surface area contributed by atoms with Gasteiger partial charge in [0, 0.05) is 31.9 Å². The molecule has 16 heteroatoms. The summed E-state index contributed by atoms with van der Waals surface area (Å²) < 4.78 is 68.7. The van der Waals surface area contributed by atoms with Gasteiger partial charge in [0.2, 0.25) is 0 Å². The third-order valence-electron chi connectivity index (χ3n) is 8.70. The van der Waals surface area contributed by atoms with Gasteiger partial charge < -0.3 is 19.9 Å². The van der Waals surface area contributed by atoms with Crippen LogP contribution in [0.1, 0.15) is 28.8 Å². The SMILES string of the molecule is O=C(NS(=O)(=O)c1ccc(NCC2CCOCC2)c([N+](=O)[O-])c1)c1ccc(N(Cc2ccccc2)S(=O)(=O)c2ccc(Oc3ccccc3)cc2)cc1O. The summed E-state index contributed by atoms with van der Waals surface area (Å²) in [5.41, 5.74) is -0.249. The molecule has 6 rings (SSSR count). The molecule has 280 valence electrons. The Hall–Kier alpha value is -5.97. The lowest BCUT2D eigenvalue weighted by atomic mass is 10.0. The summed E-state index contributed by atoms with van der Waals surface area (Å²) >= 11 is 0. The normalized spacial score (nSPS) is 13.5. The van der Waals surface area contributed by atoms with Crippen molar-refractivity contribution in [2.45, 2.75) is 29.2 Å². The number of rotatable bonds is 14. The van der Waals surface area contributed by atoms with Crippen LogP contribution in [-0.4, -0.2) is 52.5 Å². The minimum atomic E-state index is -4.66. The second-order valence-corrected chi connectivity index (χ2v) is 15.9. The Morgan fingerprint density at radius 2 is 1.46 bits per heavy atom. The Kier molecular flexibility index (Phi) is 11.4. The number of nitrogens with zero attached hydrogens (tertiary/aromatic N) is 2. The molecule has 0 saturated carbocycles. The van der Waals surface area contributed by atoms with Crippen molar-refractivity contribution in [1.29, 1.82) is 0 Å². The summed E-state index contributed by atoms with van der Waals surface area (Å²) in [5, 5.41) is 25.9. The van der Waals surface area contributed by atoms with Crippen LogP contribution in [-0.2, 0) is 31.3 Å². The fourth-order valence-corrected chi connectivity index (χ4v) is 8.21. The number of anilines is 2. The maximum absolute atomic E-state index is 14.1. The van der Waals surface area contributed by atoms with Gasteiger partial charge in [-0.3, -0.25) is 19.2 Å². The van der Waals surface area contributed by atoms with Crippen LogP contribution >= 0.6 is 0 Å². The van der Waals surface area contributed by atoms with E-state index in [2.05, 4.69) is 5.32 Å². The molecule has 1 aliphatic heterocycles. The van der Waals surface area contributed by atoms with Crippen LogP contribution in [0.4, 0.5) is 17.1 Å². The highest BCUT2D eigenvalue weighted by molar-refractivity contribution is 7.92. The number of sulfonamides is 2. The number of nitro groups is 1. The van der Waals surface area contributed by atoms with Crippen molar-refractivity contribution in [2.75, 3.05) is 29.4 Å². The lowest BCUT2D eigenvalue weighted by Gasteiger charge is -2.25. The van der Waals surface area contributed by atoms with E-state index in [4.69, 9.17) is 9.47 Å². The van der Waals surface area contributed by atoms with E-state index in [1.54, 1.807) is 54.6 Å².